The van der Waals surface area contributed by atoms with Crippen LogP contribution in [0.4, 0.5) is 4.79 Å². The highest BCUT2D eigenvalue weighted by Crippen LogP contribution is 2.29. The number of nitrogens with one attached hydrogen (secondary N) is 2. The van der Waals surface area contributed by atoms with E-state index in [-0.39, 0.29) is 5.24 Å². The smallest absolute Gasteiger partial charge is 0.290 e. The molecule has 3 heterocycles. The molecule has 0 spiro atoms. The van der Waals surface area contributed by atoms with Crippen LogP contribution >= 0.6 is 35.0 Å². The highest BCUT2D eigenvalue weighted by Gasteiger charge is 2.25. The highest BCUT2D eigenvalue weighted by atomic mass is 35.5. The van der Waals surface area contributed by atoms with Crippen LogP contribution in [0.5, 0.6) is 0 Å². The van der Waals surface area contributed by atoms with Crippen LogP contribution in [0.3, 0.4) is 0 Å². The predicted molar refractivity (Wildman–Crippen MR) is 98.5 cm³/mol. The molecule has 3 aromatic rings. The molecule has 6 nitrogen and oxygen atoms in total. The van der Waals surface area contributed by atoms with Crippen molar-refractivity contribution < 1.29 is 9.59 Å². The number of thioether (sulfide) groups is 1. The summed E-state index contributed by atoms with van der Waals surface area (Å²) >= 11 is 12.9. The van der Waals surface area contributed by atoms with Gasteiger partial charge in [0.15, 0.2) is 0 Å². The van der Waals surface area contributed by atoms with Crippen molar-refractivity contribution in [3.63, 3.8) is 0 Å². The van der Waals surface area contributed by atoms with Gasteiger partial charge in [-0.1, -0.05) is 23.2 Å². The first-order chi connectivity index (χ1) is 12.0. The summed E-state index contributed by atoms with van der Waals surface area (Å²) in [4.78, 5) is 35.0. The number of carbonyl (C=O) groups is 2. The maximum atomic E-state index is 11.5. The second-order valence-electron chi connectivity index (χ2n) is 5.19. The number of rotatable bonds is 2. The van der Waals surface area contributed by atoms with Gasteiger partial charge in [0.2, 0.25) is 0 Å². The molecular formula is C16H8Cl2N4O2S. The zero-order chi connectivity index (χ0) is 17.6. The van der Waals surface area contributed by atoms with Crippen LogP contribution in [-0.4, -0.2) is 26.1 Å². The molecule has 1 fully saturated rings. The number of nitrogens with zero attached hydrogens (tertiary/aromatic N) is 2. The standard InChI is InChI=1S/C16H8Cl2N4O2S/c17-9-4-11-12(5-10(9)18)21-14(20-11)7-1-2-8(19-6-7)3-13-15(23)22-16(24)25-13/h1-6H,(H,20,21)(H,22,23,24)/b13-3+. The SMILES string of the molecule is O=C1NC(=O)/C(=C\c2ccc(-c3nc4cc(Cl)c(Cl)cc4[nH]3)cn2)S1. The fourth-order valence-corrected chi connectivity index (χ4v) is 3.32. The molecule has 1 aromatic carbocycles. The van der Waals surface area contributed by atoms with Gasteiger partial charge in [-0.05, 0) is 42.1 Å². The van der Waals surface area contributed by atoms with E-state index in [1.807, 2.05) is 6.07 Å². The first kappa shape index (κ1) is 16.1. The van der Waals surface area contributed by atoms with Gasteiger partial charge in [0.25, 0.3) is 11.1 Å². The molecule has 1 saturated heterocycles. The van der Waals surface area contributed by atoms with E-state index in [0.29, 0.717) is 32.0 Å². The van der Waals surface area contributed by atoms with E-state index in [4.69, 9.17) is 23.2 Å². The molecule has 1 aliphatic heterocycles. The van der Waals surface area contributed by atoms with Gasteiger partial charge in [-0.15, -0.1) is 0 Å². The van der Waals surface area contributed by atoms with Gasteiger partial charge in [0.1, 0.15) is 5.82 Å². The van der Waals surface area contributed by atoms with Crippen molar-refractivity contribution in [2.24, 2.45) is 0 Å². The van der Waals surface area contributed by atoms with Gasteiger partial charge in [-0.3, -0.25) is 19.9 Å². The minimum absolute atomic E-state index is 0.318. The minimum Gasteiger partial charge on any atom is -0.338 e. The van der Waals surface area contributed by atoms with Crippen LogP contribution in [0, 0.1) is 0 Å². The van der Waals surface area contributed by atoms with Crippen LogP contribution in [0.2, 0.25) is 10.0 Å². The van der Waals surface area contributed by atoms with E-state index in [2.05, 4.69) is 20.3 Å². The lowest BCUT2D eigenvalue weighted by Gasteiger charge is -1.98. The summed E-state index contributed by atoms with van der Waals surface area (Å²) < 4.78 is 0. The second kappa shape index (κ2) is 6.18. The Morgan fingerprint density at radius 3 is 2.60 bits per heavy atom. The van der Waals surface area contributed by atoms with Gasteiger partial charge >= 0.3 is 0 Å². The molecule has 2 N–H and O–H groups in total. The fourth-order valence-electron chi connectivity index (χ4n) is 2.33. The molecule has 0 atom stereocenters. The lowest BCUT2D eigenvalue weighted by Crippen LogP contribution is -2.17. The summed E-state index contributed by atoms with van der Waals surface area (Å²) in [5.41, 5.74) is 2.81. The van der Waals surface area contributed by atoms with E-state index in [9.17, 15) is 9.59 Å². The number of aromatic nitrogens is 3. The number of halogens is 2. The molecule has 1 aliphatic rings. The van der Waals surface area contributed by atoms with Crippen molar-refractivity contribution in [3.8, 4) is 11.4 Å². The van der Waals surface area contributed by atoms with Crippen molar-refractivity contribution in [1.82, 2.24) is 20.3 Å². The van der Waals surface area contributed by atoms with Crippen molar-refractivity contribution in [2.45, 2.75) is 0 Å². The number of benzene rings is 1. The number of amides is 2. The van der Waals surface area contributed by atoms with E-state index in [1.54, 1.807) is 30.5 Å². The Morgan fingerprint density at radius 2 is 1.92 bits per heavy atom. The lowest BCUT2D eigenvalue weighted by molar-refractivity contribution is -0.115. The monoisotopic (exact) mass is 390 g/mol. The van der Waals surface area contributed by atoms with Crippen LogP contribution in [-0.2, 0) is 4.79 Å². The van der Waals surface area contributed by atoms with Gasteiger partial charge in [0.05, 0.1) is 31.7 Å². The van der Waals surface area contributed by atoms with Crippen molar-refractivity contribution in [3.05, 3.63) is 51.1 Å². The van der Waals surface area contributed by atoms with E-state index in [0.717, 1.165) is 22.8 Å². The number of H-pyrrole nitrogens is 1. The molecule has 0 bridgehead atoms. The number of pyridine rings is 1. The Kier molecular flexibility index (Phi) is 3.99. The molecule has 124 valence electrons. The van der Waals surface area contributed by atoms with Crippen LogP contribution in [0.25, 0.3) is 28.5 Å². The first-order valence-electron chi connectivity index (χ1n) is 7.05. The zero-order valence-corrected chi connectivity index (χ0v) is 14.7. The van der Waals surface area contributed by atoms with Crippen LogP contribution in [0.1, 0.15) is 5.69 Å². The number of imidazole rings is 1. The summed E-state index contributed by atoms with van der Waals surface area (Å²) in [6, 6.07) is 6.97. The molecule has 0 aliphatic carbocycles. The topological polar surface area (TPSA) is 87.7 Å². The largest absolute Gasteiger partial charge is 0.338 e. The maximum absolute atomic E-state index is 11.5. The fraction of sp³-hybridized carbons (Fsp3) is 0. The van der Waals surface area contributed by atoms with Crippen LogP contribution < -0.4 is 5.32 Å². The lowest BCUT2D eigenvalue weighted by atomic mass is 10.2. The minimum atomic E-state index is -0.410. The first-order valence-corrected chi connectivity index (χ1v) is 8.63. The zero-order valence-electron chi connectivity index (χ0n) is 12.3. The maximum Gasteiger partial charge on any atom is 0.290 e. The molecule has 4 rings (SSSR count). The third-order valence-corrected chi connectivity index (χ3v) is 5.04. The molecule has 0 radical (unpaired) electrons. The molecular weight excluding hydrogens is 383 g/mol. The summed E-state index contributed by atoms with van der Waals surface area (Å²) in [5.74, 6) is 0.218. The summed E-state index contributed by atoms with van der Waals surface area (Å²) in [6.07, 6.45) is 3.19. The Morgan fingerprint density at radius 1 is 1.12 bits per heavy atom. The average Bonchev–Trinajstić information content (AvgIpc) is 3.11. The van der Waals surface area contributed by atoms with Crippen molar-refractivity contribution in [1.29, 1.82) is 0 Å². The van der Waals surface area contributed by atoms with Gasteiger partial charge in [-0.2, -0.15) is 0 Å². The van der Waals surface area contributed by atoms with E-state index >= 15 is 0 Å². The quantitative estimate of drug-likeness (QED) is 0.638. The Bertz CT molecular complexity index is 1020. The number of fused-ring (bicyclic) bond motifs is 1. The average molecular weight is 391 g/mol. The number of carbonyl (C=O) groups excluding carboxylic acids is 2. The molecule has 25 heavy (non-hydrogen) atoms. The molecule has 0 saturated carbocycles. The number of hydrogen-bond donors (Lipinski definition) is 2. The van der Waals surface area contributed by atoms with E-state index < -0.39 is 5.91 Å². The summed E-state index contributed by atoms with van der Waals surface area (Å²) in [7, 11) is 0. The Balaban J connectivity index is 1.65. The molecule has 9 heteroatoms. The molecule has 2 aromatic heterocycles. The predicted octanol–water partition coefficient (Wildman–Crippen LogP) is 4.26. The molecule has 0 unspecified atom stereocenters. The Labute approximate surface area is 155 Å². The number of hydrogen-bond acceptors (Lipinski definition) is 5. The third-order valence-electron chi connectivity index (χ3n) is 3.50. The Hall–Kier alpha value is -2.35. The summed E-state index contributed by atoms with van der Waals surface area (Å²) in [5, 5.41) is 2.71. The third kappa shape index (κ3) is 3.13. The summed E-state index contributed by atoms with van der Waals surface area (Å²) in [6.45, 7) is 0. The number of aromatic amines is 1. The van der Waals surface area contributed by atoms with Gasteiger partial charge in [0, 0.05) is 11.8 Å². The van der Waals surface area contributed by atoms with Crippen LogP contribution in [0.15, 0.2) is 35.4 Å². The highest BCUT2D eigenvalue weighted by molar-refractivity contribution is 8.18. The molecule has 2 amide bonds. The van der Waals surface area contributed by atoms with Gasteiger partial charge < -0.3 is 4.98 Å². The normalized spacial score (nSPS) is 16.0. The van der Waals surface area contributed by atoms with E-state index in [1.165, 1.54) is 0 Å². The second-order valence-corrected chi connectivity index (χ2v) is 7.02. The van der Waals surface area contributed by atoms with Crippen molar-refractivity contribution >= 4 is 63.2 Å². The van der Waals surface area contributed by atoms with Crippen molar-refractivity contribution in [2.75, 3.05) is 0 Å². The van der Waals surface area contributed by atoms with Gasteiger partial charge in [-0.25, -0.2) is 4.98 Å². The number of imide groups is 1.